The lowest BCUT2D eigenvalue weighted by Gasteiger charge is -2.18. The van der Waals surface area contributed by atoms with Gasteiger partial charge in [0.05, 0.1) is 4.90 Å². The van der Waals surface area contributed by atoms with Crippen LogP contribution in [0.15, 0.2) is 70.7 Å². The second-order valence-electron chi connectivity index (χ2n) is 7.22. The molecule has 0 aromatic heterocycles. The van der Waals surface area contributed by atoms with Crippen molar-refractivity contribution < 1.29 is 22.9 Å². The fourth-order valence-corrected chi connectivity index (χ4v) is 4.68. The zero-order chi connectivity index (χ0) is 26.3. The summed E-state index contributed by atoms with van der Waals surface area (Å²) in [4.78, 5) is 23.4. The summed E-state index contributed by atoms with van der Waals surface area (Å²) in [6.07, 6.45) is 0.843. The number of hydrogen-bond donors (Lipinski definition) is 1. The molecule has 0 aliphatic carbocycles. The number of urea groups is 1. The normalized spacial score (nSPS) is 11.5. The van der Waals surface area contributed by atoms with E-state index in [1.807, 2.05) is 4.72 Å². The van der Waals surface area contributed by atoms with Crippen molar-refractivity contribution in [2.45, 2.75) is 25.0 Å². The van der Waals surface area contributed by atoms with E-state index >= 15 is 0 Å². The van der Waals surface area contributed by atoms with Crippen molar-refractivity contribution in [3.63, 3.8) is 0 Å². The van der Waals surface area contributed by atoms with Crippen molar-refractivity contribution in [1.82, 2.24) is 9.79 Å². The Morgan fingerprint density at radius 3 is 1.92 bits per heavy atom. The van der Waals surface area contributed by atoms with E-state index in [1.165, 1.54) is 12.1 Å². The lowest BCUT2D eigenvalue weighted by atomic mass is 10.2. The van der Waals surface area contributed by atoms with Crippen LogP contribution >= 0.6 is 46.4 Å². The summed E-state index contributed by atoms with van der Waals surface area (Å²) in [5.74, 6) is 0. The van der Waals surface area contributed by atoms with Gasteiger partial charge in [0.1, 0.15) is 13.2 Å². The Morgan fingerprint density at radius 1 is 0.889 bits per heavy atom. The SMILES string of the molecule is Cc1ccc(S(=O)(=O)NC(=O)N(/C=N/OCc2c(Cl)cccc2Cl)OCc2c(Cl)cccc2Cl)cc1. The summed E-state index contributed by atoms with van der Waals surface area (Å²) in [7, 11) is -4.22. The molecule has 0 fully saturated rings. The highest BCUT2D eigenvalue weighted by atomic mass is 35.5. The van der Waals surface area contributed by atoms with E-state index in [0.29, 0.717) is 26.2 Å². The first-order chi connectivity index (χ1) is 17.1. The first-order valence-electron chi connectivity index (χ1n) is 10.2. The lowest BCUT2D eigenvalue weighted by molar-refractivity contribution is -0.0702. The van der Waals surface area contributed by atoms with Crippen LogP contribution in [-0.2, 0) is 32.9 Å². The van der Waals surface area contributed by atoms with Gasteiger partial charge in [0, 0.05) is 31.2 Å². The molecule has 190 valence electrons. The highest BCUT2D eigenvalue weighted by molar-refractivity contribution is 7.90. The minimum atomic E-state index is -4.22. The number of hydroxylamine groups is 2. The topological polar surface area (TPSA) is 97.3 Å². The van der Waals surface area contributed by atoms with E-state index < -0.39 is 16.1 Å². The lowest BCUT2D eigenvalue weighted by Crippen LogP contribution is -2.42. The number of nitrogens with one attached hydrogen (secondary N) is 1. The third kappa shape index (κ3) is 7.49. The first-order valence-corrected chi connectivity index (χ1v) is 13.1. The Balaban J connectivity index is 1.77. The first kappa shape index (κ1) is 28.0. The smallest absolute Gasteiger partial charge is 0.361 e. The van der Waals surface area contributed by atoms with Gasteiger partial charge in [0.2, 0.25) is 0 Å². The molecule has 0 atom stereocenters. The molecular weight excluding hydrogens is 572 g/mol. The van der Waals surface area contributed by atoms with Crippen LogP contribution in [0.2, 0.25) is 20.1 Å². The van der Waals surface area contributed by atoms with Gasteiger partial charge in [-0.05, 0) is 43.3 Å². The quantitative estimate of drug-likeness (QED) is 0.172. The molecule has 2 amide bonds. The summed E-state index contributed by atoms with van der Waals surface area (Å²) in [6.45, 7) is 1.40. The van der Waals surface area contributed by atoms with E-state index in [1.54, 1.807) is 55.5 Å². The van der Waals surface area contributed by atoms with Crippen LogP contribution in [-0.4, -0.2) is 25.9 Å². The molecule has 3 aromatic rings. The number of carbonyl (C=O) groups is 1. The molecule has 13 heteroatoms. The predicted molar refractivity (Wildman–Crippen MR) is 140 cm³/mol. The van der Waals surface area contributed by atoms with Gasteiger partial charge >= 0.3 is 6.03 Å². The van der Waals surface area contributed by atoms with Crippen molar-refractivity contribution in [3.8, 4) is 0 Å². The average molecular weight is 591 g/mol. The Morgan fingerprint density at radius 2 is 1.39 bits per heavy atom. The van der Waals surface area contributed by atoms with Crippen LogP contribution in [0.3, 0.4) is 0 Å². The van der Waals surface area contributed by atoms with E-state index in [-0.39, 0.29) is 28.2 Å². The summed E-state index contributed by atoms with van der Waals surface area (Å²) in [6, 6.07) is 14.5. The Bertz CT molecular complexity index is 1330. The van der Waals surface area contributed by atoms with Crippen LogP contribution in [0.25, 0.3) is 0 Å². The Kier molecular flexibility index (Phi) is 9.84. The minimum absolute atomic E-state index is 0.114. The number of amides is 2. The van der Waals surface area contributed by atoms with Crippen LogP contribution in [0.5, 0.6) is 0 Å². The number of halogens is 4. The number of hydrogen-bond acceptors (Lipinski definition) is 6. The molecule has 3 rings (SSSR count). The molecule has 0 saturated heterocycles. The van der Waals surface area contributed by atoms with Crippen molar-refractivity contribution >= 4 is 68.8 Å². The van der Waals surface area contributed by atoms with Crippen molar-refractivity contribution in [2.24, 2.45) is 5.16 Å². The zero-order valence-corrected chi connectivity index (χ0v) is 22.5. The maximum atomic E-state index is 12.8. The van der Waals surface area contributed by atoms with Crippen LogP contribution < -0.4 is 4.72 Å². The fourth-order valence-electron chi connectivity index (χ4n) is 2.73. The summed E-state index contributed by atoms with van der Waals surface area (Å²) in [5, 5.41) is 5.52. The molecule has 0 saturated carbocycles. The van der Waals surface area contributed by atoms with Crippen LogP contribution in [0.4, 0.5) is 4.79 Å². The Labute approximate surface area is 228 Å². The van der Waals surface area contributed by atoms with Gasteiger partial charge in [-0.3, -0.25) is 4.84 Å². The van der Waals surface area contributed by atoms with Gasteiger partial charge < -0.3 is 4.84 Å². The van der Waals surface area contributed by atoms with Gasteiger partial charge in [-0.25, -0.2) is 17.9 Å². The molecule has 36 heavy (non-hydrogen) atoms. The molecule has 8 nitrogen and oxygen atoms in total. The molecule has 0 heterocycles. The standard InChI is InChI=1S/C23H19Cl4N3O5S/c1-15-8-10-16(11-9-15)36(32,33)29-23(31)30(35-13-18-21(26)6-3-7-22(18)27)14-28-34-12-17-19(24)4-2-5-20(17)25/h2-11,14H,12-13H2,1H3,(H,29,31)/b28-14+. The Hall–Kier alpha value is -2.53. The maximum absolute atomic E-state index is 12.8. The van der Waals surface area contributed by atoms with Crippen molar-refractivity contribution in [1.29, 1.82) is 0 Å². The van der Waals surface area contributed by atoms with Gasteiger partial charge in [-0.2, -0.15) is 5.06 Å². The summed E-state index contributed by atoms with van der Waals surface area (Å²) < 4.78 is 27.3. The van der Waals surface area contributed by atoms with Crippen LogP contribution in [0, 0.1) is 6.92 Å². The van der Waals surface area contributed by atoms with Gasteiger partial charge in [0.15, 0.2) is 6.34 Å². The highest BCUT2D eigenvalue weighted by Gasteiger charge is 2.23. The van der Waals surface area contributed by atoms with Crippen LogP contribution in [0.1, 0.15) is 16.7 Å². The monoisotopic (exact) mass is 589 g/mol. The third-order valence-corrected chi connectivity index (χ3v) is 7.41. The number of carbonyl (C=O) groups excluding carboxylic acids is 1. The number of oxime groups is 1. The molecule has 0 radical (unpaired) electrons. The van der Waals surface area contributed by atoms with Gasteiger partial charge in [-0.1, -0.05) is 81.4 Å². The largest absolute Gasteiger partial charge is 0.390 e. The highest BCUT2D eigenvalue weighted by Crippen LogP contribution is 2.26. The number of aryl methyl sites for hydroxylation is 1. The van der Waals surface area contributed by atoms with E-state index in [0.717, 1.165) is 11.9 Å². The zero-order valence-electron chi connectivity index (χ0n) is 18.6. The second kappa shape index (κ2) is 12.6. The van der Waals surface area contributed by atoms with Gasteiger partial charge in [-0.15, -0.1) is 0 Å². The molecule has 0 aliphatic rings. The number of benzene rings is 3. The third-order valence-electron chi connectivity index (χ3n) is 4.66. The second-order valence-corrected chi connectivity index (χ2v) is 10.5. The molecule has 1 N–H and O–H groups in total. The minimum Gasteiger partial charge on any atom is -0.390 e. The molecule has 0 unspecified atom stereocenters. The van der Waals surface area contributed by atoms with E-state index in [9.17, 15) is 13.2 Å². The van der Waals surface area contributed by atoms with Crippen molar-refractivity contribution in [3.05, 3.63) is 97.4 Å². The van der Waals surface area contributed by atoms with Gasteiger partial charge in [0.25, 0.3) is 10.0 Å². The molecule has 0 aliphatic heterocycles. The number of sulfonamides is 1. The molecule has 0 spiro atoms. The predicted octanol–water partition coefficient (Wildman–Crippen LogP) is 6.60. The molecule has 0 bridgehead atoms. The average Bonchev–Trinajstić information content (AvgIpc) is 2.81. The summed E-state index contributed by atoms with van der Waals surface area (Å²) >= 11 is 24.5. The maximum Gasteiger partial charge on any atom is 0.361 e. The van der Waals surface area contributed by atoms with E-state index in [4.69, 9.17) is 56.1 Å². The number of nitrogens with zero attached hydrogens (tertiary/aromatic N) is 2. The van der Waals surface area contributed by atoms with E-state index in [2.05, 4.69) is 5.16 Å². The molecular formula is C23H19Cl4N3O5S. The number of rotatable bonds is 9. The summed E-state index contributed by atoms with van der Waals surface area (Å²) in [5.41, 5.74) is 1.70. The molecule has 3 aromatic carbocycles. The van der Waals surface area contributed by atoms with Crippen molar-refractivity contribution in [2.75, 3.05) is 0 Å². The fraction of sp³-hybridized carbons (Fsp3) is 0.130.